The van der Waals surface area contributed by atoms with Crippen LogP contribution in [0.5, 0.6) is 11.5 Å². The molecule has 1 amide bonds. The van der Waals surface area contributed by atoms with E-state index in [2.05, 4.69) is 5.32 Å². The highest BCUT2D eigenvalue weighted by molar-refractivity contribution is 6.31. The molecule has 0 aromatic heterocycles. The van der Waals surface area contributed by atoms with Gasteiger partial charge in [-0.3, -0.25) is 4.79 Å². The lowest BCUT2D eigenvalue weighted by atomic mass is 10.1. The Balaban J connectivity index is 1.87. The molecule has 0 atom stereocenters. The number of anilines is 1. The zero-order valence-electron chi connectivity index (χ0n) is 9.85. The second kappa shape index (κ2) is 4.82. The van der Waals surface area contributed by atoms with Gasteiger partial charge < -0.3 is 14.8 Å². The van der Waals surface area contributed by atoms with Crippen LogP contribution >= 0.6 is 11.6 Å². The molecule has 0 saturated carbocycles. The zero-order valence-corrected chi connectivity index (χ0v) is 10.6. The molecule has 1 heterocycles. The van der Waals surface area contributed by atoms with E-state index in [-0.39, 0.29) is 12.7 Å². The highest BCUT2D eigenvalue weighted by atomic mass is 35.5. The minimum atomic E-state index is -0.260. The fourth-order valence-corrected chi connectivity index (χ4v) is 2.06. The maximum Gasteiger partial charge on any atom is 0.259 e. The minimum Gasteiger partial charge on any atom is -0.454 e. The summed E-state index contributed by atoms with van der Waals surface area (Å²) >= 11 is 5.87. The summed E-state index contributed by atoms with van der Waals surface area (Å²) in [7, 11) is 0. The molecule has 0 fully saturated rings. The van der Waals surface area contributed by atoms with E-state index in [0.29, 0.717) is 27.8 Å². The normalized spacial score (nSPS) is 12.3. The van der Waals surface area contributed by atoms with Gasteiger partial charge in [0.1, 0.15) is 0 Å². The van der Waals surface area contributed by atoms with Crippen LogP contribution in [-0.2, 0) is 0 Å². The Morgan fingerprint density at radius 1 is 1.16 bits per heavy atom. The van der Waals surface area contributed by atoms with Gasteiger partial charge >= 0.3 is 0 Å². The predicted octanol–water partition coefficient (Wildman–Crippen LogP) is 3.32. The van der Waals surface area contributed by atoms with Crippen LogP contribution in [0.25, 0.3) is 0 Å². The molecule has 0 unspecified atom stereocenters. The van der Waals surface area contributed by atoms with Crippen molar-refractivity contribution < 1.29 is 14.3 Å². The quantitative estimate of drug-likeness (QED) is 0.914. The van der Waals surface area contributed by atoms with Gasteiger partial charge in [-0.15, -0.1) is 0 Å². The molecule has 5 heteroatoms. The van der Waals surface area contributed by atoms with E-state index in [0.717, 1.165) is 0 Å². The summed E-state index contributed by atoms with van der Waals surface area (Å²) in [4.78, 5) is 12.2. The van der Waals surface area contributed by atoms with Crippen LogP contribution < -0.4 is 14.8 Å². The topological polar surface area (TPSA) is 47.6 Å². The number of nitrogens with one attached hydrogen (secondary N) is 1. The maximum atomic E-state index is 12.2. The van der Waals surface area contributed by atoms with Crippen molar-refractivity contribution in [3.8, 4) is 11.5 Å². The van der Waals surface area contributed by atoms with Crippen LogP contribution in [0.3, 0.4) is 0 Å². The Morgan fingerprint density at radius 2 is 2.00 bits per heavy atom. The Labute approximate surface area is 114 Å². The van der Waals surface area contributed by atoms with Gasteiger partial charge in [0.25, 0.3) is 5.91 Å². The van der Waals surface area contributed by atoms with Gasteiger partial charge in [-0.25, -0.2) is 0 Å². The van der Waals surface area contributed by atoms with E-state index in [9.17, 15) is 4.79 Å². The first-order valence-corrected chi connectivity index (χ1v) is 6.07. The molecule has 0 aliphatic carbocycles. The smallest absolute Gasteiger partial charge is 0.259 e. The van der Waals surface area contributed by atoms with Gasteiger partial charge in [0.05, 0.1) is 5.56 Å². The van der Waals surface area contributed by atoms with Crippen LogP contribution in [0.1, 0.15) is 10.4 Å². The third kappa shape index (κ3) is 2.35. The fraction of sp³-hybridized carbons (Fsp3) is 0.0714. The molecule has 4 nitrogen and oxygen atoms in total. The molecule has 0 spiro atoms. The van der Waals surface area contributed by atoms with E-state index in [1.165, 1.54) is 0 Å². The molecule has 96 valence electrons. The van der Waals surface area contributed by atoms with Gasteiger partial charge in [0, 0.05) is 10.7 Å². The summed E-state index contributed by atoms with van der Waals surface area (Å²) in [5.74, 6) is 0.797. The maximum absolute atomic E-state index is 12.2. The van der Waals surface area contributed by atoms with Crippen molar-refractivity contribution in [2.75, 3.05) is 12.1 Å². The number of ether oxygens (including phenoxy) is 2. The first-order chi connectivity index (χ1) is 9.24. The molecule has 3 rings (SSSR count). The van der Waals surface area contributed by atoms with Gasteiger partial charge in [-0.1, -0.05) is 23.7 Å². The molecule has 2 aromatic rings. The molecule has 0 saturated heterocycles. The van der Waals surface area contributed by atoms with Crippen molar-refractivity contribution in [2.45, 2.75) is 0 Å². The van der Waals surface area contributed by atoms with Crippen LogP contribution in [-0.4, -0.2) is 12.7 Å². The van der Waals surface area contributed by atoms with Crippen molar-refractivity contribution in [1.29, 1.82) is 0 Å². The molecular weight excluding hydrogens is 266 g/mol. The Hall–Kier alpha value is -2.20. The summed E-state index contributed by atoms with van der Waals surface area (Å²) in [6.45, 7) is 0.136. The number of hydrogen-bond acceptors (Lipinski definition) is 3. The van der Waals surface area contributed by atoms with Crippen molar-refractivity contribution in [3.63, 3.8) is 0 Å². The van der Waals surface area contributed by atoms with Gasteiger partial charge in [0.15, 0.2) is 11.5 Å². The lowest BCUT2D eigenvalue weighted by molar-refractivity contribution is 0.102. The fourth-order valence-electron chi connectivity index (χ4n) is 1.87. The number of carbonyl (C=O) groups excluding carboxylic acids is 1. The summed E-state index contributed by atoms with van der Waals surface area (Å²) in [6, 6.07) is 12.2. The van der Waals surface area contributed by atoms with E-state index >= 15 is 0 Å². The summed E-state index contributed by atoms with van der Waals surface area (Å²) in [6.07, 6.45) is 0. The van der Waals surface area contributed by atoms with Crippen molar-refractivity contribution in [3.05, 3.63) is 53.1 Å². The average Bonchev–Trinajstić information content (AvgIpc) is 2.86. The number of amides is 1. The third-order valence-corrected chi connectivity index (χ3v) is 2.96. The lowest BCUT2D eigenvalue weighted by Gasteiger charge is -2.07. The molecule has 0 bridgehead atoms. The predicted molar refractivity (Wildman–Crippen MR) is 72.0 cm³/mol. The molecule has 19 heavy (non-hydrogen) atoms. The highest BCUT2D eigenvalue weighted by Gasteiger charge is 2.21. The SMILES string of the molecule is O=C(Nc1cccc(Cl)c1)c1cccc2c1OCO2. The largest absolute Gasteiger partial charge is 0.454 e. The third-order valence-electron chi connectivity index (χ3n) is 2.72. The van der Waals surface area contributed by atoms with E-state index < -0.39 is 0 Å². The minimum absolute atomic E-state index is 0.136. The number of para-hydroxylation sites is 1. The first kappa shape index (κ1) is 11.9. The lowest BCUT2D eigenvalue weighted by Crippen LogP contribution is -2.12. The number of rotatable bonds is 2. The molecule has 0 radical (unpaired) electrons. The van der Waals surface area contributed by atoms with Crippen LogP contribution in [0.4, 0.5) is 5.69 Å². The summed E-state index contributed by atoms with van der Waals surface area (Å²) < 4.78 is 10.5. The van der Waals surface area contributed by atoms with Gasteiger partial charge in [-0.05, 0) is 30.3 Å². The van der Waals surface area contributed by atoms with Crippen LogP contribution in [0.15, 0.2) is 42.5 Å². The van der Waals surface area contributed by atoms with E-state index in [4.69, 9.17) is 21.1 Å². The Morgan fingerprint density at radius 3 is 2.84 bits per heavy atom. The molecule has 1 aliphatic heterocycles. The van der Waals surface area contributed by atoms with Gasteiger partial charge in [0.2, 0.25) is 6.79 Å². The highest BCUT2D eigenvalue weighted by Crippen LogP contribution is 2.35. The molecule has 1 N–H and O–H groups in total. The first-order valence-electron chi connectivity index (χ1n) is 5.69. The summed E-state index contributed by atoms with van der Waals surface area (Å²) in [5.41, 5.74) is 1.07. The number of carbonyl (C=O) groups is 1. The van der Waals surface area contributed by atoms with Crippen LogP contribution in [0, 0.1) is 0 Å². The van der Waals surface area contributed by atoms with Crippen LogP contribution in [0.2, 0.25) is 5.02 Å². The number of hydrogen-bond donors (Lipinski definition) is 1. The number of benzene rings is 2. The van der Waals surface area contributed by atoms with Crippen molar-refractivity contribution in [1.82, 2.24) is 0 Å². The molecular formula is C14H10ClNO3. The molecule has 2 aromatic carbocycles. The zero-order chi connectivity index (χ0) is 13.2. The Kier molecular flexibility index (Phi) is 3.01. The second-order valence-corrected chi connectivity index (χ2v) is 4.44. The monoisotopic (exact) mass is 275 g/mol. The van der Waals surface area contributed by atoms with Crippen molar-refractivity contribution in [2.24, 2.45) is 0 Å². The Bertz CT molecular complexity index is 642. The van der Waals surface area contributed by atoms with Gasteiger partial charge in [-0.2, -0.15) is 0 Å². The average molecular weight is 276 g/mol. The summed E-state index contributed by atoms with van der Waals surface area (Å²) in [5, 5.41) is 3.34. The van der Waals surface area contributed by atoms with E-state index in [1.807, 2.05) is 0 Å². The van der Waals surface area contributed by atoms with E-state index in [1.54, 1.807) is 42.5 Å². The molecule has 1 aliphatic rings. The number of halogens is 1. The second-order valence-electron chi connectivity index (χ2n) is 4.00. The standard InChI is InChI=1S/C14H10ClNO3/c15-9-3-1-4-10(7-9)16-14(17)11-5-2-6-12-13(11)19-8-18-12/h1-7H,8H2,(H,16,17). The van der Waals surface area contributed by atoms with Crippen molar-refractivity contribution >= 4 is 23.2 Å². The number of fused-ring (bicyclic) bond motifs is 1.